The standard InChI is InChI=1S/C21H20N2O8/c1-7(24)23-15-10-6-9-5-8-3-2-4-11(25)12(8)16(26)13(9)18(28)21(10,31)19(29)14(17(15)27)20(22)30/h2-4,9-10,15,25-26,29,31H,5-6H2,1H3,(H2,22,30)(H,23,24). The molecule has 1 saturated carbocycles. The van der Waals surface area contributed by atoms with Crippen molar-refractivity contribution in [1.29, 1.82) is 0 Å². The molecule has 0 aliphatic heterocycles. The number of aliphatic hydroxyl groups excluding tert-OH is 2. The van der Waals surface area contributed by atoms with Crippen LogP contribution in [-0.4, -0.2) is 55.4 Å². The number of aromatic hydroxyl groups is 1. The fourth-order valence-electron chi connectivity index (χ4n) is 5.00. The molecule has 4 unspecified atom stereocenters. The Morgan fingerprint density at radius 3 is 2.48 bits per heavy atom. The number of phenolic OH excluding ortho intramolecular Hbond substituents is 1. The first-order valence-electron chi connectivity index (χ1n) is 9.56. The van der Waals surface area contributed by atoms with Gasteiger partial charge in [0, 0.05) is 18.4 Å². The highest BCUT2D eigenvalue weighted by atomic mass is 16.3. The predicted octanol–water partition coefficient (Wildman–Crippen LogP) is -0.461. The number of primary amides is 1. The molecule has 0 heterocycles. The van der Waals surface area contributed by atoms with Crippen LogP contribution in [0.1, 0.15) is 24.5 Å². The molecule has 0 aromatic heterocycles. The van der Waals surface area contributed by atoms with Crippen LogP contribution in [0.5, 0.6) is 5.75 Å². The molecule has 0 saturated heterocycles. The molecule has 10 nitrogen and oxygen atoms in total. The molecule has 1 aromatic rings. The van der Waals surface area contributed by atoms with Gasteiger partial charge >= 0.3 is 0 Å². The van der Waals surface area contributed by atoms with Crippen molar-refractivity contribution in [3.05, 3.63) is 46.2 Å². The molecule has 3 aliphatic rings. The minimum Gasteiger partial charge on any atom is -0.508 e. The Morgan fingerprint density at radius 1 is 1.19 bits per heavy atom. The molecular weight excluding hydrogens is 408 g/mol. The number of carbonyl (C=O) groups is 4. The Bertz CT molecular complexity index is 1130. The van der Waals surface area contributed by atoms with E-state index in [-0.39, 0.29) is 29.7 Å². The number of aliphatic hydroxyl groups is 3. The van der Waals surface area contributed by atoms with Crippen molar-refractivity contribution in [1.82, 2.24) is 5.32 Å². The van der Waals surface area contributed by atoms with Gasteiger partial charge in [0.05, 0.1) is 11.6 Å². The second kappa shape index (κ2) is 6.67. The van der Waals surface area contributed by atoms with Gasteiger partial charge in [-0.25, -0.2) is 0 Å². The second-order valence-electron chi connectivity index (χ2n) is 8.04. The average Bonchev–Trinajstić information content (AvgIpc) is 2.67. The second-order valence-corrected chi connectivity index (χ2v) is 8.04. The number of nitrogens with two attached hydrogens (primary N) is 1. The van der Waals surface area contributed by atoms with Crippen molar-refractivity contribution in [2.24, 2.45) is 17.6 Å². The van der Waals surface area contributed by atoms with Crippen molar-refractivity contribution in [3.63, 3.8) is 0 Å². The minimum absolute atomic E-state index is 0.0352. The van der Waals surface area contributed by atoms with Gasteiger partial charge in [0.1, 0.15) is 22.8 Å². The van der Waals surface area contributed by atoms with Crippen molar-refractivity contribution in [2.45, 2.75) is 31.4 Å². The largest absolute Gasteiger partial charge is 0.508 e. The number of benzene rings is 1. The highest BCUT2D eigenvalue weighted by Crippen LogP contribution is 2.51. The zero-order chi connectivity index (χ0) is 22.8. The van der Waals surface area contributed by atoms with Crippen molar-refractivity contribution in [2.75, 3.05) is 0 Å². The molecule has 7 N–H and O–H groups in total. The molecule has 2 amide bonds. The molecular formula is C21H20N2O8. The summed E-state index contributed by atoms with van der Waals surface area (Å²) in [5, 5.41) is 45.3. The molecule has 10 heteroatoms. The van der Waals surface area contributed by atoms with Gasteiger partial charge in [-0.15, -0.1) is 0 Å². The molecule has 1 fully saturated rings. The first kappa shape index (κ1) is 20.6. The lowest BCUT2D eigenvalue weighted by Crippen LogP contribution is -2.66. The smallest absolute Gasteiger partial charge is 0.255 e. The van der Waals surface area contributed by atoms with Crippen LogP contribution in [0.2, 0.25) is 0 Å². The average molecular weight is 428 g/mol. The topological polar surface area (TPSA) is 187 Å². The van der Waals surface area contributed by atoms with E-state index in [1.807, 2.05) is 0 Å². The summed E-state index contributed by atoms with van der Waals surface area (Å²) in [7, 11) is 0. The zero-order valence-corrected chi connectivity index (χ0v) is 16.4. The predicted molar refractivity (Wildman–Crippen MR) is 104 cm³/mol. The van der Waals surface area contributed by atoms with Crippen LogP contribution in [0.4, 0.5) is 0 Å². The lowest BCUT2D eigenvalue weighted by atomic mass is 9.57. The van der Waals surface area contributed by atoms with Crippen molar-refractivity contribution in [3.8, 4) is 5.75 Å². The zero-order valence-electron chi connectivity index (χ0n) is 16.4. The van der Waals surface area contributed by atoms with Gasteiger partial charge in [0.2, 0.25) is 11.7 Å². The number of amides is 2. The van der Waals surface area contributed by atoms with E-state index < -0.39 is 64.0 Å². The Morgan fingerprint density at radius 2 is 1.87 bits per heavy atom. The van der Waals surface area contributed by atoms with E-state index >= 15 is 0 Å². The first-order chi connectivity index (χ1) is 14.5. The van der Waals surface area contributed by atoms with E-state index in [0.29, 0.717) is 5.56 Å². The van der Waals surface area contributed by atoms with Crippen LogP contribution >= 0.6 is 0 Å². The summed E-state index contributed by atoms with van der Waals surface area (Å²) in [6.07, 6.45) is 0.124. The van der Waals surface area contributed by atoms with Crippen LogP contribution in [0.25, 0.3) is 5.76 Å². The normalized spacial score (nSPS) is 29.8. The van der Waals surface area contributed by atoms with Gasteiger partial charge in [0.15, 0.2) is 11.4 Å². The molecule has 162 valence electrons. The van der Waals surface area contributed by atoms with Gasteiger partial charge < -0.3 is 31.5 Å². The number of nitrogens with one attached hydrogen (secondary N) is 1. The Kier molecular flexibility index (Phi) is 4.44. The lowest BCUT2D eigenvalue weighted by Gasteiger charge is -2.48. The van der Waals surface area contributed by atoms with Crippen molar-refractivity contribution >= 4 is 29.1 Å². The third-order valence-electron chi connectivity index (χ3n) is 6.30. The third-order valence-corrected chi connectivity index (χ3v) is 6.30. The maximum absolute atomic E-state index is 13.4. The van der Waals surface area contributed by atoms with Crippen LogP contribution < -0.4 is 11.1 Å². The quantitative estimate of drug-likeness (QED) is 0.341. The molecule has 0 radical (unpaired) electrons. The monoisotopic (exact) mass is 428 g/mol. The van der Waals surface area contributed by atoms with E-state index in [9.17, 15) is 39.6 Å². The van der Waals surface area contributed by atoms with Gasteiger partial charge in [-0.2, -0.15) is 0 Å². The van der Waals surface area contributed by atoms with E-state index in [2.05, 4.69) is 5.32 Å². The third kappa shape index (κ3) is 2.68. The van der Waals surface area contributed by atoms with E-state index in [1.54, 1.807) is 12.1 Å². The molecule has 0 spiro atoms. The number of Topliss-reactive ketones (excluding diaryl/α,β-unsaturated/α-hetero) is 2. The molecule has 1 aromatic carbocycles. The van der Waals surface area contributed by atoms with E-state index in [4.69, 9.17) is 5.73 Å². The molecule has 0 bridgehead atoms. The van der Waals surface area contributed by atoms with Crippen LogP contribution in [0.3, 0.4) is 0 Å². The fourth-order valence-corrected chi connectivity index (χ4v) is 5.00. The van der Waals surface area contributed by atoms with E-state index in [0.717, 1.165) is 6.92 Å². The Labute approximate surface area is 175 Å². The summed E-state index contributed by atoms with van der Waals surface area (Å²) >= 11 is 0. The van der Waals surface area contributed by atoms with Gasteiger partial charge in [-0.3, -0.25) is 19.2 Å². The number of fused-ring (bicyclic) bond motifs is 3. The summed E-state index contributed by atoms with van der Waals surface area (Å²) < 4.78 is 0. The molecule has 4 atom stereocenters. The van der Waals surface area contributed by atoms with Gasteiger partial charge in [-0.1, -0.05) is 12.1 Å². The highest BCUT2D eigenvalue weighted by molar-refractivity contribution is 6.25. The Hall–Kier alpha value is -3.66. The summed E-state index contributed by atoms with van der Waals surface area (Å²) in [6, 6.07) is 3.08. The fraction of sp³-hybridized carbons (Fsp3) is 0.333. The number of carbonyl (C=O) groups excluding carboxylic acids is 4. The molecule has 31 heavy (non-hydrogen) atoms. The van der Waals surface area contributed by atoms with Crippen molar-refractivity contribution < 1.29 is 39.6 Å². The molecule has 4 rings (SSSR count). The van der Waals surface area contributed by atoms with Crippen LogP contribution in [-0.2, 0) is 25.6 Å². The van der Waals surface area contributed by atoms with Gasteiger partial charge in [-0.05, 0) is 30.4 Å². The summed E-state index contributed by atoms with van der Waals surface area (Å²) in [4.78, 5) is 49.8. The number of hydrogen-bond acceptors (Lipinski definition) is 8. The number of rotatable bonds is 2. The van der Waals surface area contributed by atoms with E-state index in [1.165, 1.54) is 6.07 Å². The lowest BCUT2D eigenvalue weighted by molar-refractivity contribution is -0.151. The summed E-state index contributed by atoms with van der Waals surface area (Å²) in [6.45, 7) is 1.12. The number of hydrogen-bond donors (Lipinski definition) is 6. The number of ketones is 2. The molecule has 3 aliphatic carbocycles. The highest BCUT2D eigenvalue weighted by Gasteiger charge is 2.63. The minimum atomic E-state index is -2.77. The summed E-state index contributed by atoms with van der Waals surface area (Å²) in [5.41, 5.74) is 1.80. The SMILES string of the molecule is CC(=O)NC1C(=O)C(C(N)=O)=C(O)C2(O)C(=O)C3=C(O)c4c(O)cccc4CC3CC12. The van der Waals surface area contributed by atoms with Gasteiger partial charge in [0.25, 0.3) is 5.91 Å². The maximum Gasteiger partial charge on any atom is 0.255 e. The first-order valence-corrected chi connectivity index (χ1v) is 9.56. The summed E-state index contributed by atoms with van der Waals surface area (Å²) in [5.74, 6) is -8.15. The van der Waals surface area contributed by atoms with Crippen LogP contribution in [0.15, 0.2) is 35.1 Å². The Balaban J connectivity index is 1.96. The number of phenols is 1. The maximum atomic E-state index is 13.4. The van der Waals surface area contributed by atoms with Crippen LogP contribution in [0, 0.1) is 11.8 Å².